The summed E-state index contributed by atoms with van der Waals surface area (Å²) in [5.41, 5.74) is 1.32. The van der Waals surface area contributed by atoms with Crippen LogP contribution in [0.5, 0.6) is 11.5 Å². The fourth-order valence-corrected chi connectivity index (χ4v) is 6.48. The summed E-state index contributed by atoms with van der Waals surface area (Å²) in [4.78, 5) is 34.5. The highest BCUT2D eigenvalue weighted by atomic mass is 32.2. The maximum Gasteiger partial charge on any atom is 0.355 e. The van der Waals surface area contributed by atoms with Crippen molar-refractivity contribution < 1.29 is 24.2 Å². The van der Waals surface area contributed by atoms with E-state index in [-0.39, 0.29) is 17.6 Å². The first kappa shape index (κ1) is 23.4. The topological polar surface area (TPSA) is 95.4 Å². The summed E-state index contributed by atoms with van der Waals surface area (Å²) in [6.07, 6.45) is 1.52. The summed E-state index contributed by atoms with van der Waals surface area (Å²) in [7, 11) is 0. The predicted molar refractivity (Wildman–Crippen MR) is 129 cm³/mol. The highest BCUT2D eigenvalue weighted by Crippen LogP contribution is 2.33. The highest BCUT2D eigenvalue weighted by Gasteiger charge is 2.32. The van der Waals surface area contributed by atoms with Crippen LogP contribution >= 0.6 is 23.1 Å². The quantitative estimate of drug-likeness (QED) is 0.517. The third kappa shape index (κ3) is 5.48. The van der Waals surface area contributed by atoms with Crippen molar-refractivity contribution in [3.05, 3.63) is 34.8 Å². The van der Waals surface area contributed by atoms with Crippen LogP contribution in [0, 0.1) is 0 Å². The number of likely N-dealkylation sites (tertiary alicyclic amines) is 1. The van der Waals surface area contributed by atoms with Crippen molar-refractivity contribution in [1.82, 2.24) is 19.7 Å². The maximum atomic E-state index is 12.5. The Morgan fingerprint density at radius 2 is 1.97 bits per heavy atom. The summed E-state index contributed by atoms with van der Waals surface area (Å²) in [6, 6.07) is 6.41. The minimum absolute atomic E-state index is 0.0836. The number of ether oxygens (including phenoxy) is 2. The molecule has 2 saturated heterocycles. The van der Waals surface area contributed by atoms with Crippen molar-refractivity contribution in [2.24, 2.45) is 0 Å². The van der Waals surface area contributed by atoms with E-state index >= 15 is 0 Å². The fourth-order valence-electron chi connectivity index (χ4n) is 4.67. The molecule has 0 bridgehead atoms. The number of nitrogens with zero attached hydrogens (tertiary/aromatic N) is 4. The second-order valence-corrected chi connectivity index (χ2v) is 10.9. The van der Waals surface area contributed by atoms with Gasteiger partial charge in [-0.2, -0.15) is 0 Å². The molecule has 0 radical (unpaired) electrons. The van der Waals surface area contributed by atoms with Crippen LogP contribution in [0.3, 0.4) is 0 Å². The van der Waals surface area contributed by atoms with Crippen molar-refractivity contribution in [2.75, 3.05) is 51.8 Å². The minimum Gasteiger partial charge on any atom is -0.476 e. The number of carboxylic acids is 1. The number of hydrogen-bond acceptors (Lipinski definition) is 9. The normalized spacial score (nSPS) is 20.9. The molecule has 1 amide bonds. The summed E-state index contributed by atoms with van der Waals surface area (Å²) in [5.74, 6) is 1.58. The molecule has 5 rings (SSSR count). The third-order valence-corrected chi connectivity index (χ3v) is 8.49. The lowest BCUT2D eigenvalue weighted by Crippen LogP contribution is -2.50. The van der Waals surface area contributed by atoms with Crippen molar-refractivity contribution >= 4 is 35.0 Å². The standard InChI is InChI=1S/C23H28N4O5S2/c28-21-4-2-17(27(21)9-10-33-23-24-18(14-34-23)22(29)30)13-26-7-5-25(6-8-26)12-16-1-3-19-20(11-16)32-15-31-19/h1,3,11,14,17H,2,4-10,12-13,15H2,(H,29,30)/t17-/m1/s1. The molecule has 1 aromatic carbocycles. The molecule has 2 aromatic rings. The number of rotatable bonds is 9. The van der Waals surface area contributed by atoms with Gasteiger partial charge in [-0.05, 0) is 24.1 Å². The number of amides is 1. The highest BCUT2D eigenvalue weighted by molar-refractivity contribution is 8.01. The molecule has 1 aromatic heterocycles. The molecule has 0 saturated carbocycles. The molecule has 4 heterocycles. The van der Waals surface area contributed by atoms with Gasteiger partial charge in [0.05, 0.1) is 0 Å². The Kier molecular flexibility index (Phi) is 7.23. The third-order valence-electron chi connectivity index (χ3n) is 6.49. The van der Waals surface area contributed by atoms with Gasteiger partial charge in [0.15, 0.2) is 21.5 Å². The van der Waals surface area contributed by atoms with E-state index in [1.807, 2.05) is 11.0 Å². The summed E-state index contributed by atoms with van der Waals surface area (Å²) in [6.45, 7) is 6.77. The van der Waals surface area contributed by atoms with Crippen molar-refractivity contribution in [1.29, 1.82) is 0 Å². The Morgan fingerprint density at radius 3 is 2.76 bits per heavy atom. The zero-order chi connectivity index (χ0) is 23.5. The average molecular weight is 505 g/mol. The van der Waals surface area contributed by atoms with E-state index in [0.29, 0.717) is 19.8 Å². The van der Waals surface area contributed by atoms with Crippen molar-refractivity contribution in [3.63, 3.8) is 0 Å². The van der Waals surface area contributed by atoms with Crippen molar-refractivity contribution in [3.8, 4) is 11.5 Å². The maximum absolute atomic E-state index is 12.5. The van der Waals surface area contributed by atoms with Gasteiger partial charge in [0.1, 0.15) is 0 Å². The molecule has 182 valence electrons. The second kappa shape index (κ2) is 10.5. The molecule has 2 fully saturated rings. The Bertz CT molecular complexity index is 1040. The molecule has 0 unspecified atom stereocenters. The van der Waals surface area contributed by atoms with E-state index in [2.05, 4.69) is 26.9 Å². The van der Waals surface area contributed by atoms with Crippen LogP contribution < -0.4 is 9.47 Å². The van der Waals surface area contributed by atoms with E-state index in [1.165, 1.54) is 28.7 Å². The number of aromatic carboxylic acids is 1. The monoisotopic (exact) mass is 504 g/mol. The van der Waals surface area contributed by atoms with Crippen LogP contribution in [-0.4, -0.2) is 94.5 Å². The minimum atomic E-state index is -1.01. The number of piperazine rings is 1. The van der Waals surface area contributed by atoms with Gasteiger partial charge in [-0.1, -0.05) is 17.8 Å². The molecule has 9 nitrogen and oxygen atoms in total. The van der Waals surface area contributed by atoms with E-state index in [0.717, 1.165) is 67.3 Å². The number of carbonyl (C=O) groups excluding carboxylic acids is 1. The van der Waals surface area contributed by atoms with Gasteiger partial charge in [0, 0.05) is 69.4 Å². The first-order valence-electron chi connectivity index (χ1n) is 11.5. The molecule has 1 N–H and O–H groups in total. The first-order valence-corrected chi connectivity index (χ1v) is 13.4. The lowest BCUT2D eigenvalue weighted by molar-refractivity contribution is -0.128. The fraction of sp³-hybridized carbons (Fsp3) is 0.522. The summed E-state index contributed by atoms with van der Waals surface area (Å²) in [5, 5.41) is 10.6. The Morgan fingerprint density at radius 1 is 1.18 bits per heavy atom. The van der Waals surface area contributed by atoms with E-state index in [9.17, 15) is 9.59 Å². The Labute approximate surface area is 206 Å². The number of hydrogen-bond donors (Lipinski definition) is 1. The first-order chi connectivity index (χ1) is 16.5. The van der Waals surface area contributed by atoms with E-state index in [1.54, 1.807) is 5.38 Å². The van der Waals surface area contributed by atoms with Gasteiger partial charge in [0.25, 0.3) is 0 Å². The zero-order valence-corrected chi connectivity index (χ0v) is 20.5. The van der Waals surface area contributed by atoms with Crippen molar-refractivity contribution in [2.45, 2.75) is 29.8 Å². The van der Waals surface area contributed by atoms with Crippen LogP contribution in [-0.2, 0) is 11.3 Å². The lowest BCUT2D eigenvalue weighted by Gasteiger charge is -2.37. The zero-order valence-electron chi connectivity index (χ0n) is 18.9. The van der Waals surface area contributed by atoms with Gasteiger partial charge in [-0.3, -0.25) is 14.6 Å². The molecule has 34 heavy (non-hydrogen) atoms. The number of aromatic nitrogens is 1. The van der Waals surface area contributed by atoms with Crippen LogP contribution in [0.1, 0.15) is 28.9 Å². The summed E-state index contributed by atoms with van der Waals surface area (Å²) < 4.78 is 11.6. The Hall–Kier alpha value is -2.34. The molecule has 1 atom stereocenters. The number of carbonyl (C=O) groups is 2. The van der Waals surface area contributed by atoms with Gasteiger partial charge >= 0.3 is 5.97 Å². The Balaban J connectivity index is 1.06. The molecule has 3 aliphatic heterocycles. The van der Waals surface area contributed by atoms with Crippen LogP contribution in [0.4, 0.5) is 0 Å². The average Bonchev–Trinajstić information content (AvgIpc) is 3.57. The molecular weight excluding hydrogens is 476 g/mol. The number of carboxylic acid groups (broad SMARTS) is 1. The molecule has 0 spiro atoms. The van der Waals surface area contributed by atoms with Crippen LogP contribution in [0.15, 0.2) is 27.9 Å². The van der Waals surface area contributed by atoms with Gasteiger partial charge in [0.2, 0.25) is 12.7 Å². The van der Waals surface area contributed by atoms with Gasteiger partial charge < -0.3 is 19.5 Å². The second-order valence-electron chi connectivity index (χ2n) is 8.70. The van der Waals surface area contributed by atoms with Gasteiger partial charge in [-0.15, -0.1) is 11.3 Å². The number of fused-ring (bicyclic) bond motifs is 1. The van der Waals surface area contributed by atoms with E-state index < -0.39 is 5.97 Å². The number of thioether (sulfide) groups is 1. The molecule has 3 aliphatic rings. The van der Waals surface area contributed by atoms with E-state index in [4.69, 9.17) is 14.6 Å². The smallest absolute Gasteiger partial charge is 0.355 e. The SMILES string of the molecule is O=C(O)c1csc(SCCN2C(=O)CC[C@@H]2CN2CCN(Cc3ccc4c(c3)OCO4)CC2)n1. The lowest BCUT2D eigenvalue weighted by atomic mass is 10.1. The number of thiazole rings is 1. The molecule has 0 aliphatic carbocycles. The largest absolute Gasteiger partial charge is 0.476 e. The van der Waals surface area contributed by atoms with Crippen LogP contribution in [0.25, 0.3) is 0 Å². The predicted octanol–water partition coefficient (Wildman–Crippen LogP) is 2.47. The van der Waals surface area contributed by atoms with Crippen LogP contribution in [0.2, 0.25) is 0 Å². The number of benzene rings is 1. The molecular formula is C23H28N4O5S2. The van der Waals surface area contributed by atoms with Gasteiger partial charge in [-0.25, -0.2) is 9.78 Å². The molecule has 11 heteroatoms. The summed E-state index contributed by atoms with van der Waals surface area (Å²) >= 11 is 2.86.